The van der Waals surface area contributed by atoms with Gasteiger partial charge >= 0.3 is 0 Å². The minimum absolute atomic E-state index is 0.0139. The Morgan fingerprint density at radius 3 is 2.03 bits per heavy atom. The fourth-order valence-corrected chi connectivity index (χ4v) is 3.19. The molecular formula is C20H36N2O7. The van der Waals surface area contributed by atoms with Crippen molar-refractivity contribution in [2.45, 2.75) is 108 Å². The second-order valence-electron chi connectivity index (χ2n) is 7.44. The Morgan fingerprint density at radius 2 is 1.45 bits per heavy atom. The standard InChI is InChI=1S/C20H36N2O7/c1-2-3-4-5-7-10-13-17(21(26)27)20(25)16-18(22(28)29)19(24)14-11-8-6-9-12-15-23/h8,11,15,17-20,24-25H,2-7,9-10,12-14,16H2,1H3/b11-8-. The summed E-state index contributed by atoms with van der Waals surface area (Å²) in [5.41, 5.74) is 0. The number of aliphatic hydroxyl groups is 2. The minimum atomic E-state index is -1.48. The van der Waals surface area contributed by atoms with Gasteiger partial charge in [-0.05, 0) is 25.7 Å². The molecule has 9 heteroatoms. The van der Waals surface area contributed by atoms with E-state index in [-0.39, 0.29) is 12.8 Å². The molecular weight excluding hydrogens is 380 g/mol. The Bertz CT molecular complexity index is 499. The number of carbonyl (C=O) groups excluding carboxylic acids is 1. The quantitative estimate of drug-likeness (QED) is 0.108. The minimum Gasteiger partial charge on any atom is -0.386 e. The summed E-state index contributed by atoms with van der Waals surface area (Å²) in [5, 5.41) is 43.0. The molecule has 0 aliphatic heterocycles. The molecule has 0 aliphatic carbocycles. The maximum absolute atomic E-state index is 11.3. The molecule has 4 unspecified atom stereocenters. The van der Waals surface area contributed by atoms with Crippen molar-refractivity contribution in [3.8, 4) is 0 Å². The van der Waals surface area contributed by atoms with E-state index in [0.29, 0.717) is 25.7 Å². The first kappa shape index (κ1) is 27.1. The Kier molecular flexibility index (Phi) is 15.9. The van der Waals surface area contributed by atoms with Crippen molar-refractivity contribution in [3.05, 3.63) is 32.4 Å². The van der Waals surface area contributed by atoms with Gasteiger partial charge in [0.15, 0.2) is 0 Å². The number of aldehydes is 1. The third-order valence-electron chi connectivity index (χ3n) is 5.00. The maximum Gasteiger partial charge on any atom is 0.241 e. The van der Waals surface area contributed by atoms with Gasteiger partial charge in [-0.1, -0.05) is 51.2 Å². The number of rotatable bonds is 19. The van der Waals surface area contributed by atoms with E-state index in [0.717, 1.165) is 38.4 Å². The zero-order valence-corrected chi connectivity index (χ0v) is 17.4. The number of hydrogen-bond acceptors (Lipinski definition) is 7. The predicted octanol–water partition coefficient (Wildman–Crippen LogP) is 3.46. The Hall–Kier alpha value is -1.87. The van der Waals surface area contributed by atoms with Crippen molar-refractivity contribution in [2.75, 3.05) is 0 Å². The first-order chi connectivity index (χ1) is 13.8. The molecule has 0 fully saturated rings. The van der Waals surface area contributed by atoms with Gasteiger partial charge in [0.1, 0.15) is 18.5 Å². The highest BCUT2D eigenvalue weighted by molar-refractivity contribution is 5.48. The number of unbranched alkanes of at least 4 members (excludes halogenated alkanes) is 7. The van der Waals surface area contributed by atoms with Gasteiger partial charge in [-0.3, -0.25) is 20.2 Å². The normalized spacial score (nSPS) is 15.7. The molecule has 4 atom stereocenters. The summed E-state index contributed by atoms with van der Waals surface area (Å²) >= 11 is 0. The van der Waals surface area contributed by atoms with Crippen LogP contribution in [0.15, 0.2) is 12.2 Å². The number of hydrogen-bond donors (Lipinski definition) is 2. The van der Waals surface area contributed by atoms with Gasteiger partial charge in [0.05, 0.1) is 6.42 Å². The van der Waals surface area contributed by atoms with Gasteiger partial charge < -0.3 is 15.0 Å². The molecule has 168 valence electrons. The summed E-state index contributed by atoms with van der Waals surface area (Å²) in [5.74, 6) is 0. The lowest BCUT2D eigenvalue weighted by Crippen LogP contribution is -2.42. The highest BCUT2D eigenvalue weighted by atomic mass is 16.6. The molecule has 0 rings (SSSR count). The van der Waals surface area contributed by atoms with E-state index < -0.39 is 40.6 Å². The van der Waals surface area contributed by atoms with Crippen LogP contribution >= 0.6 is 0 Å². The van der Waals surface area contributed by atoms with Crippen LogP contribution in [0.5, 0.6) is 0 Å². The van der Waals surface area contributed by atoms with Crippen molar-refractivity contribution in [1.82, 2.24) is 0 Å². The van der Waals surface area contributed by atoms with Crippen LogP contribution in [-0.4, -0.2) is 50.6 Å². The van der Waals surface area contributed by atoms with Gasteiger partial charge in [0.2, 0.25) is 12.1 Å². The molecule has 0 amide bonds. The van der Waals surface area contributed by atoms with Crippen molar-refractivity contribution >= 4 is 6.29 Å². The molecule has 0 spiro atoms. The molecule has 0 saturated heterocycles. The van der Waals surface area contributed by atoms with Crippen LogP contribution in [0.1, 0.15) is 84.0 Å². The third kappa shape index (κ3) is 13.1. The molecule has 2 N–H and O–H groups in total. The molecule has 29 heavy (non-hydrogen) atoms. The second kappa shape index (κ2) is 17.0. The average Bonchev–Trinajstić information content (AvgIpc) is 2.67. The van der Waals surface area contributed by atoms with E-state index in [1.165, 1.54) is 0 Å². The zero-order chi connectivity index (χ0) is 22.1. The Balaban J connectivity index is 4.60. The first-order valence-electron chi connectivity index (χ1n) is 10.6. The summed E-state index contributed by atoms with van der Waals surface area (Å²) in [6, 6.07) is -2.74. The van der Waals surface area contributed by atoms with E-state index in [1.54, 1.807) is 12.2 Å². The summed E-state index contributed by atoms with van der Waals surface area (Å²) in [7, 11) is 0. The monoisotopic (exact) mass is 416 g/mol. The lowest BCUT2D eigenvalue weighted by atomic mass is 9.94. The SMILES string of the molecule is CCCCCCCCC(C(O)CC(C(O)C/C=C\CCCC=O)[N+](=O)[O-])[N+](=O)[O-]. The van der Waals surface area contributed by atoms with Crippen LogP contribution in [0.4, 0.5) is 0 Å². The second-order valence-corrected chi connectivity index (χ2v) is 7.44. The lowest BCUT2D eigenvalue weighted by molar-refractivity contribution is -0.554. The number of allylic oxidation sites excluding steroid dienone is 1. The summed E-state index contributed by atoms with van der Waals surface area (Å²) in [6.07, 6.45) is 8.43. The molecule has 0 aromatic carbocycles. The number of carbonyl (C=O) groups is 1. The summed E-state index contributed by atoms with van der Waals surface area (Å²) in [6.45, 7) is 2.10. The molecule has 0 aromatic heterocycles. The van der Waals surface area contributed by atoms with Gasteiger partial charge in [-0.15, -0.1) is 0 Å². The number of nitro groups is 2. The molecule has 9 nitrogen and oxygen atoms in total. The van der Waals surface area contributed by atoms with Crippen molar-refractivity contribution < 1.29 is 24.9 Å². The van der Waals surface area contributed by atoms with Gasteiger partial charge in [0.25, 0.3) is 0 Å². The first-order valence-corrected chi connectivity index (χ1v) is 10.6. The van der Waals surface area contributed by atoms with Crippen LogP contribution in [-0.2, 0) is 4.79 Å². The van der Waals surface area contributed by atoms with Crippen molar-refractivity contribution in [1.29, 1.82) is 0 Å². The molecule has 0 radical (unpaired) electrons. The van der Waals surface area contributed by atoms with Crippen LogP contribution in [0.2, 0.25) is 0 Å². The highest BCUT2D eigenvalue weighted by Gasteiger charge is 2.38. The summed E-state index contributed by atoms with van der Waals surface area (Å²) < 4.78 is 0. The Labute approximate surface area is 172 Å². The highest BCUT2D eigenvalue weighted by Crippen LogP contribution is 2.19. The zero-order valence-electron chi connectivity index (χ0n) is 17.4. The lowest BCUT2D eigenvalue weighted by Gasteiger charge is -2.20. The van der Waals surface area contributed by atoms with E-state index in [4.69, 9.17) is 0 Å². The van der Waals surface area contributed by atoms with Crippen LogP contribution in [0.3, 0.4) is 0 Å². The number of aliphatic hydroxyl groups excluding tert-OH is 2. The predicted molar refractivity (Wildman–Crippen MR) is 110 cm³/mol. The van der Waals surface area contributed by atoms with Crippen LogP contribution in [0.25, 0.3) is 0 Å². The third-order valence-corrected chi connectivity index (χ3v) is 5.00. The Morgan fingerprint density at radius 1 is 0.828 bits per heavy atom. The molecule has 0 aliphatic rings. The van der Waals surface area contributed by atoms with Gasteiger partial charge in [0, 0.05) is 22.7 Å². The molecule has 0 heterocycles. The maximum atomic E-state index is 11.3. The fraction of sp³-hybridized carbons (Fsp3) is 0.850. The van der Waals surface area contributed by atoms with E-state index in [2.05, 4.69) is 6.92 Å². The fourth-order valence-electron chi connectivity index (χ4n) is 3.19. The van der Waals surface area contributed by atoms with E-state index in [9.17, 15) is 35.2 Å². The van der Waals surface area contributed by atoms with Crippen molar-refractivity contribution in [3.63, 3.8) is 0 Å². The van der Waals surface area contributed by atoms with Crippen LogP contribution in [0, 0.1) is 20.2 Å². The van der Waals surface area contributed by atoms with Crippen LogP contribution < -0.4 is 0 Å². The molecule has 0 saturated carbocycles. The van der Waals surface area contributed by atoms with Gasteiger partial charge in [-0.25, -0.2) is 0 Å². The van der Waals surface area contributed by atoms with Gasteiger partial charge in [-0.2, -0.15) is 0 Å². The van der Waals surface area contributed by atoms with E-state index >= 15 is 0 Å². The largest absolute Gasteiger partial charge is 0.386 e. The molecule has 0 bridgehead atoms. The summed E-state index contributed by atoms with van der Waals surface area (Å²) in [4.78, 5) is 31.6. The van der Waals surface area contributed by atoms with Crippen molar-refractivity contribution in [2.24, 2.45) is 0 Å². The topological polar surface area (TPSA) is 144 Å². The smallest absolute Gasteiger partial charge is 0.241 e. The number of nitrogens with zero attached hydrogens (tertiary/aromatic N) is 2. The molecule has 0 aromatic rings. The van der Waals surface area contributed by atoms with E-state index in [1.807, 2.05) is 0 Å². The average molecular weight is 417 g/mol.